The fourth-order valence-electron chi connectivity index (χ4n) is 2.40. The first-order valence-corrected chi connectivity index (χ1v) is 4.81. The zero-order chi connectivity index (χ0) is 9.26. The van der Waals surface area contributed by atoms with Gasteiger partial charge >= 0.3 is 0 Å². The minimum Gasteiger partial charge on any atom is -0.327 e. The Hall–Kier alpha value is -1.01. The van der Waals surface area contributed by atoms with Gasteiger partial charge in [0.15, 0.2) is 0 Å². The second-order valence-corrected chi connectivity index (χ2v) is 3.77. The zero-order valence-corrected chi connectivity index (χ0v) is 7.62. The van der Waals surface area contributed by atoms with E-state index in [1.165, 1.54) is 6.42 Å². The monoisotopic (exact) mass is 178 g/mol. The van der Waals surface area contributed by atoms with Crippen LogP contribution in [-0.4, -0.2) is 36.5 Å². The molecule has 2 rings (SSSR count). The van der Waals surface area contributed by atoms with E-state index in [2.05, 4.69) is 11.2 Å². The van der Waals surface area contributed by atoms with E-state index in [0.29, 0.717) is 12.0 Å². The molecule has 0 spiro atoms. The summed E-state index contributed by atoms with van der Waals surface area (Å²) in [4.78, 5) is 13.2. The number of fused-ring (bicyclic) bond motifs is 1. The Labute approximate surface area is 78.5 Å². The van der Waals surface area contributed by atoms with Crippen molar-refractivity contribution in [1.82, 2.24) is 10.2 Å². The van der Waals surface area contributed by atoms with Crippen molar-refractivity contribution in [3.05, 3.63) is 0 Å². The van der Waals surface area contributed by atoms with E-state index in [0.717, 1.165) is 26.1 Å². The van der Waals surface area contributed by atoms with Gasteiger partial charge in [0.25, 0.3) is 5.91 Å². The molecule has 2 aliphatic heterocycles. The lowest BCUT2D eigenvalue weighted by Gasteiger charge is -2.35. The first-order valence-electron chi connectivity index (χ1n) is 4.81. The number of likely N-dealkylation sites (tertiary alicyclic amines) is 1. The summed E-state index contributed by atoms with van der Waals surface area (Å²) in [7, 11) is 0. The molecular weight excluding hydrogens is 164 g/mol. The van der Waals surface area contributed by atoms with Gasteiger partial charge < -0.3 is 10.2 Å². The molecule has 0 saturated carbocycles. The fraction of sp³-hybridized carbons (Fsp3) is 0.700. The number of nitrogens with one attached hydrogen (secondary N) is 1. The highest BCUT2D eigenvalue weighted by atomic mass is 16.2. The summed E-state index contributed by atoms with van der Waals surface area (Å²) in [5.74, 6) is 2.70. The molecule has 0 aromatic rings. The Bertz CT molecular complexity index is 256. The van der Waals surface area contributed by atoms with Gasteiger partial charge in [-0.1, -0.05) is 0 Å². The molecule has 0 aliphatic carbocycles. The second-order valence-electron chi connectivity index (χ2n) is 3.77. The molecule has 3 nitrogen and oxygen atoms in total. The summed E-state index contributed by atoms with van der Waals surface area (Å²) in [5, 5.41) is 3.31. The van der Waals surface area contributed by atoms with E-state index in [4.69, 9.17) is 6.42 Å². The first kappa shape index (κ1) is 8.58. The Morgan fingerprint density at radius 2 is 2.38 bits per heavy atom. The van der Waals surface area contributed by atoms with Crippen molar-refractivity contribution >= 4 is 5.91 Å². The van der Waals surface area contributed by atoms with Crippen LogP contribution < -0.4 is 5.32 Å². The molecule has 2 atom stereocenters. The van der Waals surface area contributed by atoms with Crippen LogP contribution in [0.1, 0.15) is 12.8 Å². The molecule has 0 bridgehead atoms. The molecule has 2 saturated heterocycles. The van der Waals surface area contributed by atoms with Crippen LogP contribution in [0.15, 0.2) is 0 Å². The number of rotatable bonds is 0. The highest BCUT2D eigenvalue weighted by Gasteiger charge is 2.36. The number of nitrogens with zero attached hydrogens (tertiary/aromatic N) is 1. The summed E-state index contributed by atoms with van der Waals surface area (Å²) in [6.45, 7) is 2.79. The number of amides is 1. The molecule has 1 N–H and O–H groups in total. The van der Waals surface area contributed by atoms with Crippen LogP contribution in [0, 0.1) is 18.3 Å². The van der Waals surface area contributed by atoms with Crippen molar-refractivity contribution in [2.75, 3.05) is 19.6 Å². The van der Waals surface area contributed by atoms with Crippen LogP contribution in [0.25, 0.3) is 0 Å². The average Bonchev–Trinajstić information content (AvgIpc) is 2.63. The largest absolute Gasteiger partial charge is 0.327 e. The quantitative estimate of drug-likeness (QED) is 0.522. The maximum Gasteiger partial charge on any atom is 0.298 e. The van der Waals surface area contributed by atoms with E-state index in [1.807, 2.05) is 4.90 Å². The van der Waals surface area contributed by atoms with Gasteiger partial charge in [0, 0.05) is 25.7 Å². The van der Waals surface area contributed by atoms with Crippen LogP contribution in [-0.2, 0) is 4.79 Å². The minimum atomic E-state index is -0.140. The topological polar surface area (TPSA) is 32.3 Å². The van der Waals surface area contributed by atoms with Gasteiger partial charge in [0.2, 0.25) is 0 Å². The Balaban J connectivity index is 2.10. The fourth-order valence-corrected chi connectivity index (χ4v) is 2.40. The summed E-state index contributed by atoms with van der Waals surface area (Å²) >= 11 is 0. The minimum absolute atomic E-state index is 0.140. The lowest BCUT2D eigenvalue weighted by molar-refractivity contribution is -0.129. The van der Waals surface area contributed by atoms with Gasteiger partial charge in [-0.15, -0.1) is 6.42 Å². The molecule has 3 heteroatoms. The molecule has 13 heavy (non-hydrogen) atoms. The molecule has 0 aromatic carbocycles. The van der Waals surface area contributed by atoms with Gasteiger partial charge in [-0.2, -0.15) is 0 Å². The smallest absolute Gasteiger partial charge is 0.298 e. The third-order valence-electron chi connectivity index (χ3n) is 3.06. The second kappa shape index (κ2) is 3.39. The Morgan fingerprint density at radius 1 is 1.54 bits per heavy atom. The number of carbonyl (C=O) groups is 1. The summed E-state index contributed by atoms with van der Waals surface area (Å²) in [6.07, 6.45) is 7.45. The molecule has 70 valence electrons. The lowest BCUT2D eigenvalue weighted by Crippen LogP contribution is -2.47. The normalized spacial score (nSPS) is 32.4. The maximum absolute atomic E-state index is 11.4. The average molecular weight is 178 g/mol. The maximum atomic E-state index is 11.4. The van der Waals surface area contributed by atoms with Crippen molar-refractivity contribution in [2.45, 2.75) is 18.9 Å². The number of hydrogen-bond donors (Lipinski definition) is 1. The molecule has 0 aromatic heterocycles. The predicted molar refractivity (Wildman–Crippen MR) is 49.9 cm³/mol. The van der Waals surface area contributed by atoms with Crippen molar-refractivity contribution in [1.29, 1.82) is 0 Å². The van der Waals surface area contributed by atoms with Crippen molar-refractivity contribution in [3.8, 4) is 12.3 Å². The zero-order valence-electron chi connectivity index (χ0n) is 7.62. The lowest BCUT2D eigenvalue weighted by atomic mass is 9.92. The van der Waals surface area contributed by atoms with E-state index >= 15 is 0 Å². The summed E-state index contributed by atoms with van der Waals surface area (Å²) < 4.78 is 0. The van der Waals surface area contributed by atoms with Crippen LogP contribution in [0.4, 0.5) is 0 Å². The molecule has 0 radical (unpaired) electrons. The SMILES string of the molecule is C#CC(=O)N1CCCC2CNCC21. The van der Waals surface area contributed by atoms with Crippen molar-refractivity contribution < 1.29 is 4.79 Å². The van der Waals surface area contributed by atoms with Gasteiger partial charge in [-0.05, 0) is 24.7 Å². The van der Waals surface area contributed by atoms with E-state index in [1.54, 1.807) is 0 Å². The summed E-state index contributed by atoms with van der Waals surface area (Å²) in [6, 6.07) is 0.359. The third kappa shape index (κ3) is 1.42. The van der Waals surface area contributed by atoms with Crippen LogP contribution in [0.3, 0.4) is 0 Å². The molecule has 2 unspecified atom stereocenters. The van der Waals surface area contributed by atoms with E-state index in [9.17, 15) is 4.79 Å². The highest BCUT2D eigenvalue weighted by molar-refractivity contribution is 5.93. The Kier molecular flexibility index (Phi) is 2.24. The molecule has 2 heterocycles. The molecular formula is C10H14N2O. The summed E-state index contributed by atoms with van der Waals surface area (Å²) in [5.41, 5.74) is 0. The van der Waals surface area contributed by atoms with Crippen LogP contribution in [0.5, 0.6) is 0 Å². The van der Waals surface area contributed by atoms with Crippen molar-refractivity contribution in [3.63, 3.8) is 0 Å². The molecule has 2 aliphatic rings. The predicted octanol–water partition coefficient (Wildman–Crippen LogP) is -0.170. The van der Waals surface area contributed by atoms with Gasteiger partial charge in [0.05, 0.1) is 0 Å². The number of piperidine rings is 1. The van der Waals surface area contributed by atoms with E-state index in [-0.39, 0.29) is 5.91 Å². The number of carbonyl (C=O) groups excluding carboxylic acids is 1. The van der Waals surface area contributed by atoms with Crippen molar-refractivity contribution in [2.24, 2.45) is 5.92 Å². The first-order chi connectivity index (χ1) is 6.33. The Morgan fingerprint density at radius 3 is 3.15 bits per heavy atom. The third-order valence-corrected chi connectivity index (χ3v) is 3.06. The van der Waals surface area contributed by atoms with Crippen LogP contribution >= 0.6 is 0 Å². The standard InChI is InChI=1S/C10H14N2O/c1-2-10(13)12-5-3-4-8-6-11-7-9(8)12/h1,8-9,11H,3-7H2. The molecule has 2 fully saturated rings. The number of hydrogen-bond acceptors (Lipinski definition) is 2. The molecule has 1 amide bonds. The highest BCUT2D eigenvalue weighted by Crippen LogP contribution is 2.26. The van der Waals surface area contributed by atoms with E-state index < -0.39 is 0 Å². The number of terminal acetylenes is 1. The van der Waals surface area contributed by atoms with Gasteiger partial charge in [-0.3, -0.25) is 4.79 Å². The van der Waals surface area contributed by atoms with Crippen LogP contribution in [0.2, 0.25) is 0 Å². The van der Waals surface area contributed by atoms with Gasteiger partial charge in [-0.25, -0.2) is 0 Å². The van der Waals surface area contributed by atoms with Gasteiger partial charge in [0.1, 0.15) is 0 Å².